The molecule has 0 saturated carbocycles. The summed E-state index contributed by atoms with van der Waals surface area (Å²) in [6.45, 7) is 1.04. The zero-order valence-corrected chi connectivity index (χ0v) is 11.7. The smallest absolute Gasteiger partial charge is 0.410 e. The van der Waals surface area contributed by atoms with E-state index in [0.29, 0.717) is 31.0 Å². The van der Waals surface area contributed by atoms with Gasteiger partial charge in [0.15, 0.2) is 0 Å². The van der Waals surface area contributed by atoms with Crippen LogP contribution in [0.1, 0.15) is 18.4 Å². The minimum atomic E-state index is -0.792. The zero-order valence-electron chi connectivity index (χ0n) is 10.9. The Kier molecular flexibility index (Phi) is 4.84. The fourth-order valence-corrected chi connectivity index (χ4v) is 2.25. The van der Waals surface area contributed by atoms with Gasteiger partial charge in [-0.05, 0) is 30.5 Å². The summed E-state index contributed by atoms with van der Waals surface area (Å²) < 4.78 is 5.20. The van der Waals surface area contributed by atoms with Crippen molar-refractivity contribution in [1.82, 2.24) is 4.90 Å². The number of benzene rings is 1. The second-order valence-corrected chi connectivity index (χ2v) is 5.22. The molecule has 0 atom stereocenters. The number of hydrogen-bond acceptors (Lipinski definition) is 3. The molecular formula is C14H16ClNO4. The Balaban J connectivity index is 1.78. The summed E-state index contributed by atoms with van der Waals surface area (Å²) in [7, 11) is 0. The van der Waals surface area contributed by atoms with Gasteiger partial charge >= 0.3 is 12.1 Å². The van der Waals surface area contributed by atoms with Crippen molar-refractivity contribution in [2.24, 2.45) is 5.92 Å². The summed E-state index contributed by atoms with van der Waals surface area (Å²) in [5.74, 6) is -1.14. The van der Waals surface area contributed by atoms with Gasteiger partial charge in [-0.2, -0.15) is 0 Å². The molecular weight excluding hydrogens is 282 g/mol. The highest BCUT2D eigenvalue weighted by Crippen LogP contribution is 2.18. The molecule has 0 bridgehead atoms. The van der Waals surface area contributed by atoms with E-state index in [1.54, 1.807) is 29.2 Å². The van der Waals surface area contributed by atoms with Crippen molar-refractivity contribution in [3.8, 4) is 0 Å². The van der Waals surface area contributed by atoms with Crippen LogP contribution in [0.25, 0.3) is 0 Å². The number of amides is 1. The highest BCUT2D eigenvalue weighted by atomic mass is 35.5. The first-order valence-corrected chi connectivity index (χ1v) is 6.83. The van der Waals surface area contributed by atoms with Crippen LogP contribution >= 0.6 is 11.6 Å². The SMILES string of the molecule is O=C(O)C1CCN(C(=O)OCc2ccc(Cl)cc2)CC1. The number of carboxylic acid groups (broad SMARTS) is 1. The van der Waals surface area contributed by atoms with Crippen LogP contribution in [0.5, 0.6) is 0 Å². The van der Waals surface area contributed by atoms with Gasteiger partial charge in [-0.3, -0.25) is 4.79 Å². The summed E-state index contributed by atoms with van der Waals surface area (Å²) in [5, 5.41) is 9.53. The van der Waals surface area contributed by atoms with Crippen molar-refractivity contribution in [3.05, 3.63) is 34.9 Å². The highest BCUT2D eigenvalue weighted by molar-refractivity contribution is 6.30. The van der Waals surface area contributed by atoms with E-state index in [-0.39, 0.29) is 12.5 Å². The van der Waals surface area contributed by atoms with Crippen LogP contribution in [0.3, 0.4) is 0 Å². The maximum Gasteiger partial charge on any atom is 0.410 e. The van der Waals surface area contributed by atoms with Gasteiger partial charge in [0, 0.05) is 18.1 Å². The number of aliphatic carboxylic acids is 1. The first kappa shape index (κ1) is 14.7. The predicted octanol–water partition coefficient (Wildman–Crippen LogP) is 2.77. The van der Waals surface area contributed by atoms with Gasteiger partial charge < -0.3 is 14.7 Å². The Labute approximate surface area is 122 Å². The Hall–Kier alpha value is -1.75. The lowest BCUT2D eigenvalue weighted by atomic mass is 9.97. The molecule has 1 N–H and O–H groups in total. The molecule has 108 valence electrons. The van der Waals surface area contributed by atoms with Crippen LogP contribution in [0.15, 0.2) is 24.3 Å². The van der Waals surface area contributed by atoms with E-state index in [4.69, 9.17) is 21.4 Å². The molecule has 1 heterocycles. The quantitative estimate of drug-likeness (QED) is 0.931. The third-order valence-corrected chi connectivity index (χ3v) is 3.63. The van der Waals surface area contributed by atoms with Crippen LogP contribution < -0.4 is 0 Å². The van der Waals surface area contributed by atoms with Crippen LogP contribution in [0, 0.1) is 5.92 Å². The van der Waals surface area contributed by atoms with E-state index in [1.807, 2.05) is 0 Å². The van der Waals surface area contributed by atoms with Crippen molar-refractivity contribution in [3.63, 3.8) is 0 Å². The molecule has 0 radical (unpaired) electrons. The van der Waals surface area contributed by atoms with Gasteiger partial charge in [0.05, 0.1) is 5.92 Å². The minimum Gasteiger partial charge on any atom is -0.481 e. The number of hydrogen-bond donors (Lipinski definition) is 1. The first-order chi connectivity index (χ1) is 9.56. The van der Waals surface area contributed by atoms with E-state index >= 15 is 0 Å². The van der Waals surface area contributed by atoms with Crippen molar-refractivity contribution < 1.29 is 19.4 Å². The second kappa shape index (κ2) is 6.61. The molecule has 6 heteroatoms. The van der Waals surface area contributed by atoms with Crippen molar-refractivity contribution >= 4 is 23.7 Å². The summed E-state index contributed by atoms with van der Waals surface area (Å²) in [5.41, 5.74) is 0.864. The third kappa shape index (κ3) is 3.87. The summed E-state index contributed by atoms with van der Waals surface area (Å²) in [4.78, 5) is 24.2. The number of piperidine rings is 1. The molecule has 1 saturated heterocycles. The number of likely N-dealkylation sites (tertiary alicyclic amines) is 1. The number of nitrogens with zero attached hydrogens (tertiary/aromatic N) is 1. The fraction of sp³-hybridized carbons (Fsp3) is 0.429. The summed E-state index contributed by atoms with van der Waals surface area (Å²) in [6, 6.07) is 7.07. The van der Waals surface area contributed by atoms with Gasteiger partial charge in [-0.1, -0.05) is 23.7 Å². The van der Waals surface area contributed by atoms with E-state index in [0.717, 1.165) is 5.56 Å². The Morgan fingerprint density at radius 2 is 1.85 bits per heavy atom. The molecule has 20 heavy (non-hydrogen) atoms. The molecule has 0 spiro atoms. The molecule has 1 aliphatic rings. The van der Waals surface area contributed by atoms with Gasteiger partial charge in [0.2, 0.25) is 0 Å². The molecule has 1 aromatic carbocycles. The minimum absolute atomic E-state index is 0.189. The predicted molar refractivity (Wildman–Crippen MR) is 73.6 cm³/mol. The number of rotatable bonds is 3. The number of halogens is 1. The topological polar surface area (TPSA) is 66.8 Å². The lowest BCUT2D eigenvalue weighted by Gasteiger charge is -2.29. The van der Waals surface area contributed by atoms with Gasteiger partial charge in [-0.25, -0.2) is 4.79 Å². The standard InChI is InChI=1S/C14H16ClNO4/c15-12-3-1-10(2-4-12)9-20-14(19)16-7-5-11(6-8-16)13(17)18/h1-4,11H,5-9H2,(H,17,18). The second-order valence-electron chi connectivity index (χ2n) is 4.78. The summed E-state index contributed by atoms with van der Waals surface area (Å²) in [6.07, 6.45) is 0.556. The maximum atomic E-state index is 11.8. The molecule has 1 fully saturated rings. The fourth-order valence-electron chi connectivity index (χ4n) is 2.13. The largest absolute Gasteiger partial charge is 0.481 e. The first-order valence-electron chi connectivity index (χ1n) is 6.45. The molecule has 1 aromatic rings. The van der Waals surface area contributed by atoms with Crippen molar-refractivity contribution in [1.29, 1.82) is 0 Å². The molecule has 1 amide bonds. The molecule has 1 aliphatic heterocycles. The third-order valence-electron chi connectivity index (χ3n) is 3.38. The van der Waals surface area contributed by atoms with Crippen LogP contribution in [-0.2, 0) is 16.1 Å². The van der Waals surface area contributed by atoms with Gasteiger partial charge in [0.1, 0.15) is 6.61 Å². The van der Waals surface area contributed by atoms with E-state index in [2.05, 4.69) is 0 Å². The summed E-state index contributed by atoms with van der Waals surface area (Å²) >= 11 is 5.77. The Morgan fingerprint density at radius 3 is 2.40 bits per heavy atom. The van der Waals surface area contributed by atoms with Gasteiger partial charge in [-0.15, -0.1) is 0 Å². The number of carboxylic acids is 1. The lowest BCUT2D eigenvalue weighted by Crippen LogP contribution is -2.40. The number of carbonyl (C=O) groups excluding carboxylic acids is 1. The molecule has 0 unspecified atom stereocenters. The highest BCUT2D eigenvalue weighted by Gasteiger charge is 2.27. The van der Waals surface area contributed by atoms with Crippen LogP contribution in [-0.4, -0.2) is 35.2 Å². The normalized spacial score (nSPS) is 15.9. The van der Waals surface area contributed by atoms with Gasteiger partial charge in [0.25, 0.3) is 0 Å². The van der Waals surface area contributed by atoms with Crippen LogP contribution in [0.4, 0.5) is 4.79 Å². The molecule has 5 nitrogen and oxygen atoms in total. The van der Waals surface area contributed by atoms with Crippen LogP contribution in [0.2, 0.25) is 5.02 Å². The average Bonchev–Trinajstić information content (AvgIpc) is 2.46. The van der Waals surface area contributed by atoms with E-state index in [9.17, 15) is 9.59 Å². The van der Waals surface area contributed by atoms with E-state index in [1.165, 1.54) is 0 Å². The Morgan fingerprint density at radius 1 is 1.25 bits per heavy atom. The van der Waals surface area contributed by atoms with Crippen molar-refractivity contribution in [2.75, 3.05) is 13.1 Å². The van der Waals surface area contributed by atoms with Crippen molar-refractivity contribution in [2.45, 2.75) is 19.4 Å². The average molecular weight is 298 g/mol. The monoisotopic (exact) mass is 297 g/mol. The molecule has 0 aromatic heterocycles. The Bertz CT molecular complexity index is 480. The number of ether oxygens (including phenoxy) is 1. The van der Waals surface area contributed by atoms with E-state index < -0.39 is 12.1 Å². The molecule has 2 rings (SSSR count). The lowest BCUT2D eigenvalue weighted by molar-refractivity contribution is -0.143. The zero-order chi connectivity index (χ0) is 14.5. The number of carbonyl (C=O) groups is 2. The molecule has 0 aliphatic carbocycles. The maximum absolute atomic E-state index is 11.8.